The van der Waals surface area contributed by atoms with E-state index in [1.54, 1.807) is 0 Å². The van der Waals surface area contributed by atoms with Crippen LogP contribution < -0.4 is 0 Å². The van der Waals surface area contributed by atoms with Crippen LogP contribution in [0.15, 0.2) is 15.3 Å². The summed E-state index contributed by atoms with van der Waals surface area (Å²) in [6.45, 7) is 3.13. The van der Waals surface area contributed by atoms with Crippen molar-refractivity contribution in [2.45, 2.75) is 0 Å². The molecule has 0 atom stereocenters. The monoisotopic (exact) mass is 200 g/mol. The van der Waals surface area contributed by atoms with Crippen molar-refractivity contribution in [2.24, 2.45) is 8.73 Å². The van der Waals surface area contributed by atoms with Gasteiger partial charge in [-0.2, -0.15) is 0 Å². The summed E-state index contributed by atoms with van der Waals surface area (Å²) in [6, 6.07) is 2.21. The SMILES string of the molecule is C=C=NOC#C[N]=[Pd]. The van der Waals surface area contributed by atoms with Gasteiger partial charge in [0.2, 0.25) is 0 Å². The van der Waals surface area contributed by atoms with E-state index in [9.17, 15) is 0 Å². The second kappa shape index (κ2) is 6.27. The zero-order valence-electron chi connectivity index (χ0n) is 3.83. The van der Waals surface area contributed by atoms with Crippen LogP contribution in [0.5, 0.6) is 0 Å². The molecule has 0 aliphatic carbocycles. The average Bonchev–Trinajstić information content (AvgIpc) is 1.81. The van der Waals surface area contributed by atoms with Gasteiger partial charge in [-0.3, -0.25) is 0 Å². The van der Waals surface area contributed by atoms with Crippen LogP contribution in [0.4, 0.5) is 0 Å². The van der Waals surface area contributed by atoms with E-state index in [2.05, 4.69) is 57.2 Å². The molecule has 8 heavy (non-hydrogen) atoms. The van der Waals surface area contributed by atoms with E-state index < -0.39 is 0 Å². The number of rotatable bonds is 1. The first-order valence-corrected chi connectivity index (χ1v) is 2.27. The molecule has 0 fully saturated rings. The Kier molecular flexibility index (Phi) is 5.70. The second-order valence-corrected chi connectivity index (χ2v) is 0.973. The Hall–Kier alpha value is -0.728. The summed E-state index contributed by atoms with van der Waals surface area (Å²) < 4.78 is 3.26. The van der Waals surface area contributed by atoms with Crippen molar-refractivity contribution in [3.63, 3.8) is 0 Å². The van der Waals surface area contributed by atoms with Gasteiger partial charge in [-0.1, -0.05) is 0 Å². The molecule has 0 aromatic heterocycles. The third-order valence-electron chi connectivity index (χ3n) is 0.237. The first-order valence-electron chi connectivity index (χ1n) is 1.58. The van der Waals surface area contributed by atoms with E-state index in [-0.39, 0.29) is 0 Å². The molecule has 0 bridgehead atoms. The minimum absolute atomic E-state index is 2.11. The van der Waals surface area contributed by atoms with E-state index in [1.165, 1.54) is 0 Å². The quantitative estimate of drug-likeness (QED) is 0.261. The topological polar surface area (TPSA) is 34.0 Å². The molecule has 0 N–H and O–H groups in total. The van der Waals surface area contributed by atoms with Crippen LogP contribution in [0.1, 0.15) is 0 Å². The Morgan fingerprint density at radius 1 is 1.62 bits per heavy atom. The van der Waals surface area contributed by atoms with Gasteiger partial charge in [0, 0.05) is 0 Å². The molecular formula is C4H2N2OPd. The van der Waals surface area contributed by atoms with Crippen LogP contribution >= 0.6 is 0 Å². The first-order chi connectivity index (χ1) is 3.91. The normalized spacial score (nSPS) is 5.25. The molecule has 44 valence electrons. The van der Waals surface area contributed by atoms with Gasteiger partial charge in [0.25, 0.3) is 0 Å². The van der Waals surface area contributed by atoms with Gasteiger partial charge in [-0.25, -0.2) is 0 Å². The van der Waals surface area contributed by atoms with E-state index in [4.69, 9.17) is 0 Å². The van der Waals surface area contributed by atoms with Crippen LogP contribution in [0, 0.1) is 12.2 Å². The van der Waals surface area contributed by atoms with Gasteiger partial charge < -0.3 is 0 Å². The summed E-state index contributed by atoms with van der Waals surface area (Å²) in [4.78, 5) is 4.20. The van der Waals surface area contributed by atoms with Gasteiger partial charge in [-0.15, -0.1) is 0 Å². The van der Waals surface area contributed by atoms with Gasteiger partial charge >= 0.3 is 57.2 Å². The molecular weight excluding hydrogens is 198 g/mol. The van der Waals surface area contributed by atoms with Crippen LogP contribution in [-0.4, -0.2) is 5.87 Å². The first kappa shape index (κ1) is 7.27. The molecule has 0 spiro atoms. The zero-order valence-corrected chi connectivity index (χ0v) is 5.38. The number of hydrogen-bond donors (Lipinski definition) is 0. The van der Waals surface area contributed by atoms with Crippen molar-refractivity contribution in [1.29, 1.82) is 0 Å². The molecule has 0 aromatic carbocycles. The summed E-state index contributed by atoms with van der Waals surface area (Å²) in [5.41, 5.74) is 0. The second-order valence-electron chi connectivity index (χ2n) is 0.625. The predicted octanol–water partition coefficient (Wildman–Crippen LogP) is 0.422. The molecule has 0 saturated heterocycles. The Balaban J connectivity index is 3.43. The van der Waals surface area contributed by atoms with E-state index >= 15 is 0 Å². The van der Waals surface area contributed by atoms with Crippen LogP contribution in [0.25, 0.3) is 0 Å². The Bertz CT molecular complexity index is 172. The predicted molar refractivity (Wildman–Crippen MR) is 24.4 cm³/mol. The van der Waals surface area contributed by atoms with Crippen molar-refractivity contribution in [1.82, 2.24) is 0 Å². The average molecular weight is 200 g/mol. The maximum absolute atomic E-state index is 4.20. The van der Waals surface area contributed by atoms with Crippen molar-refractivity contribution >= 4 is 5.87 Å². The molecule has 0 aliphatic heterocycles. The van der Waals surface area contributed by atoms with Crippen LogP contribution in [-0.2, 0) is 23.9 Å². The van der Waals surface area contributed by atoms with E-state index in [0.717, 1.165) is 0 Å². The van der Waals surface area contributed by atoms with Crippen molar-refractivity contribution in [3.05, 3.63) is 6.58 Å². The molecule has 3 nitrogen and oxygen atoms in total. The van der Waals surface area contributed by atoms with Crippen molar-refractivity contribution in [2.75, 3.05) is 0 Å². The minimum atomic E-state index is 2.11. The fourth-order valence-electron chi connectivity index (χ4n) is 0.0899. The van der Waals surface area contributed by atoms with Gasteiger partial charge in [0.1, 0.15) is 0 Å². The van der Waals surface area contributed by atoms with Crippen LogP contribution in [0.3, 0.4) is 0 Å². The van der Waals surface area contributed by atoms with E-state index in [1.807, 2.05) is 0 Å². The molecule has 0 radical (unpaired) electrons. The molecule has 0 saturated carbocycles. The fourth-order valence-corrected chi connectivity index (χ4v) is 0.161. The Morgan fingerprint density at radius 2 is 2.38 bits per heavy atom. The summed E-state index contributed by atoms with van der Waals surface area (Å²) in [6.07, 6.45) is 2.11. The Labute approximate surface area is 57.7 Å². The molecule has 0 rings (SSSR count). The van der Waals surface area contributed by atoms with Crippen molar-refractivity contribution in [3.8, 4) is 12.2 Å². The molecule has 0 aliphatic rings. The fraction of sp³-hybridized carbons (Fsp3) is 0. The molecule has 0 amide bonds. The zero-order chi connectivity index (χ0) is 6.24. The third kappa shape index (κ3) is 5.27. The summed E-state index contributed by atoms with van der Waals surface area (Å²) >= 11 is 2.47. The standard InChI is InChI=1S/C4H2N2O.Pd/c1-2-6-7-4-3-5;/h1H2;. The number of nitrogens with zero attached hydrogens (tertiary/aromatic N) is 2. The van der Waals surface area contributed by atoms with Gasteiger partial charge in [-0.05, 0) is 0 Å². The third-order valence-corrected chi connectivity index (χ3v) is 0.411. The molecule has 4 heteroatoms. The number of hydrogen-bond acceptors (Lipinski definition) is 3. The van der Waals surface area contributed by atoms with Crippen molar-refractivity contribution < 1.29 is 23.9 Å². The maximum atomic E-state index is 4.20. The van der Waals surface area contributed by atoms with Gasteiger partial charge in [0.15, 0.2) is 0 Å². The Morgan fingerprint density at radius 3 is 2.88 bits per heavy atom. The molecule has 0 unspecified atom stereocenters. The molecule has 0 aromatic rings. The summed E-state index contributed by atoms with van der Waals surface area (Å²) in [5.74, 6) is 2.12. The molecule has 0 heterocycles. The summed E-state index contributed by atoms with van der Waals surface area (Å²) in [5, 5.41) is 3.10. The summed E-state index contributed by atoms with van der Waals surface area (Å²) in [7, 11) is 0. The van der Waals surface area contributed by atoms with Crippen LogP contribution in [0.2, 0.25) is 0 Å². The van der Waals surface area contributed by atoms with E-state index in [0.29, 0.717) is 0 Å². The van der Waals surface area contributed by atoms with Gasteiger partial charge in [0.05, 0.1) is 0 Å².